The lowest BCUT2D eigenvalue weighted by molar-refractivity contribution is -0.179. The molecule has 0 aromatic carbocycles. The van der Waals surface area contributed by atoms with Crippen LogP contribution in [0.3, 0.4) is 0 Å². The second kappa shape index (κ2) is 5.98. The van der Waals surface area contributed by atoms with Gasteiger partial charge in [-0.15, -0.1) is 0 Å². The van der Waals surface area contributed by atoms with E-state index in [1.807, 2.05) is 20.8 Å². The van der Waals surface area contributed by atoms with Crippen LogP contribution in [0.4, 0.5) is 4.79 Å². The molecule has 0 bridgehead atoms. The minimum absolute atomic E-state index is 0.199. The van der Waals surface area contributed by atoms with Gasteiger partial charge in [-0.05, 0) is 40.0 Å². The third kappa shape index (κ3) is 4.12. The summed E-state index contributed by atoms with van der Waals surface area (Å²) in [6, 6.07) is 1.07. The Labute approximate surface area is 132 Å². The lowest BCUT2D eigenvalue weighted by atomic mass is 9.90. The SMILES string of the molecule is CC(C)(C)OC(=O)NC1CC1NC1CCC2(CC1)OCCO2. The Morgan fingerprint density at radius 1 is 1.14 bits per heavy atom. The van der Waals surface area contributed by atoms with Gasteiger partial charge in [-0.25, -0.2) is 4.79 Å². The van der Waals surface area contributed by atoms with Crippen LogP contribution in [-0.4, -0.2) is 48.8 Å². The highest BCUT2D eigenvalue weighted by atomic mass is 16.7. The monoisotopic (exact) mass is 312 g/mol. The van der Waals surface area contributed by atoms with Crippen molar-refractivity contribution in [2.45, 2.75) is 82.4 Å². The molecule has 1 amide bonds. The number of ether oxygens (including phenoxy) is 3. The number of nitrogens with one attached hydrogen (secondary N) is 2. The average Bonchev–Trinajstić information content (AvgIpc) is 2.96. The van der Waals surface area contributed by atoms with Gasteiger partial charge >= 0.3 is 6.09 Å². The fourth-order valence-electron chi connectivity index (χ4n) is 3.31. The Hall–Kier alpha value is -0.850. The van der Waals surface area contributed by atoms with Crippen molar-refractivity contribution in [2.75, 3.05) is 13.2 Å². The smallest absolute Gasteiger partial charge is 0.407 e. The molecule has 6 nitrogen and oxygen atoms in total. The van der Waals surface area contributed by atoms with E-state index in [0.29, 0.717) is 12.1 Å². The van der Waals surface area contributed by atoms with Gasteiger partial charge in [0.1, 0.15) is 5.60 Å². The van der Waals surface area contributed by atoms with Gasteiger partial charge < -0.3 is 24.8 Å². The van der Waals surface area contributed by atoms with Crippen molar-refractivity contribution in [2.24, 2.45) is 0 Å². The molecule has 1 aliphatic heterocycles. The molecule has 0 aromatic rings. The van der Waals surface area contributed by atoms with E-state index in [1.165, 1.54) is 0 Å². The highest BCUT2D eigenvalue weighted by Crippen LogP contribution is 2.36. The first-order valence-corrected chi connectivity index (χ1v) is 8.39. The number of carbonyl (C=O) groups is 1. The zero-order valence-electron chi connectivity index (χ0n) is 13.8. The molecule has 0 radical (unpaired) electrons. The van der Waals surface area contributed by atoms with Gasteiger partial charge in [0.2, 0.25) is 0 Å². The molecule has 22 heavy (non-hydrogen) atoms. The number of rotatable bonds is 3. The zero-order chi connectivity index (χ0) is 15.8. The minimum atomic E-state index is -0.444. The molecular formula is C16H28N2O4. The van der Waals surface area contributed by atoms with E-state index in [0.717, 1.165) is 45.3 Å². The first-order valence-electron chi connectivity index (χ1n) is 8.39. The lowest BCUT2D eigenvalue weighted by Gasteiger charge is -2.35. The van der Waals surface area contributed by atoms with Crippen LogP contribution in [0.15, 0.2) is 0 Å². The fourth-order valence-corrected chi connectivity index (χ4v) is 3.31. The van der Waals surface area contributed by atoms with Gasteiger partial charge in [-0.1, -0.05) is 0 Å². The van der Waals surface area contributed by atoms with E-state index in [2.05, 4.69) is 10.6 Å². The number of carbonyl (C=O) groups excluding carboxylic acids is 1. The molecule has 2 saturated carbocycles. The Balaban J connectivity index is 1.35. The summed E-state index contributed by atoms with van der Waals surface area (Å²) in [7, 11) is 0. The average molecular weight is 312 g/mol. The minimum Gasteiger partial charge on any atom is -0.444 e. The van der Waals surface area contributed by atoms with E-state index in [-0.39, 0.29) is 17.9 Å². The van der Waals surface area contributed by atoms with E-state index in [1.54, 1.807) is 0 Å². The fraction of sp³-hybridized carbons (Fsp3) is 0.938. The Morgan fingerprint density at radius 3 is 2.36 bits per heavy atom. The third-order valence-corrected chi connectivity index (χ3v) is 4.50. The van der Waals surface area contributed by atoms with Crippen molar-refractivity contribution >= 4 is 6.09 Å². The van der Waals surface area contributed by atoms with Gasteiger partial charge in [0.05, 0.1) is 13.2 Å². The molecule has 3 rings (SSSR count). The molecule has 1 heterocycles. The number of amides is 1. The molecule has 2 N–H and O–H groups in total. The molecule has 6 heteroatoms. The van der Waals surface area contributed by atoms with E-state index in [9.17, 15) is 4.79 Å². The summed E-state index contributed by atoms with van der Waals surface area (Å²) in [5, 5.41) is 6.56. The molecule has 3 aliphatic rings. The van der Waals surface area contributed by atoms with Gasteiger partial charge in [0, 0.05) is 31.0 Å². The van der Waals surface area contributed by atoms with Gasteiger partial charge in [-0.2, -0.15) is 0 Å². The van der Waals surface area contributed by atoms with E-state index in [4.69, 9.17) is 14.2 Å². The lowest BCUT2D eigenvalue weighted by Crippen LogP contribution is -2.44. The number of hydrogen-bond acceptors (Lipinski definition) is 5. The van der Waals surface area contributed by atoms with Crippen molar-refractivity contribution in [3.8, 4) is 0 Å². The molecule has 0 aromatic heterocycles. The van der Waals surface area contributed by atoms with Crippen molar-refractivity contribution in [3.63, 3.8) is 0 Å². The molecule has 1 spiro atoms. The topological polar surface area (TPSA) is 68.8 Å². The predicted octanol–water partition coefficient (Wildman–Crippen LogP) is 1.93. The van der Waals surface area contributed by atoms with Crippen LogP contribution in [0.25, 0.3) is 0 Å². The first kappa shape index (κ1) is 16.0. The van der Waals surface area contributed by atoms with Crippen molar-refractivity contribution < 1.29 is 19.0 Å². The molecule has 2 atom stereocenters. The summed E-state index contributed by atoms with van der Waals surface area (Å²) in [4.78, 5) is 11.7. The van der Waals surface area contributed by atoms with Crippen LogP contribution in [0.2, 0.25) is 0 Å². The predicted molar refractivity (Wildman–Crippen MR) is 81.6 cm³/mol. The van der Waals surface area contributed by atoms with Crippen LogP contribution in [0.5, 0.6) is 0 Å². The van der Waals surface area contributed by atoms with E-state index < -0.39 is 5.60 Å². The van der Waals surface area contributed by atoms with Gasteiger partial charge in [0.15, 0.2) is 5.79 Å². The van der Waals surface area contributed by atoms with E-state index >= 15 is 0 Å². The zero-order valence-corrected chi connectivity index (χ0v) is 13.8. The molecule has 126 valence electrons. The second-order valence-corrected chi connectivity index (χ2v) is 7.64. The van der Waals surface area contributed by atoms with Crippen LogP contribution in [0, 0.1) is 0 Å². The Kier molecular flexibility index (Phi) is 4.36. The number of hydrogen-bond donors (Lipinski definition) is 2. The van der Waals surface area contributed by atoms with Crippen LogP contribution < -0.4 is 10.6 Å². The largest absolute Gasteiger partial charge is 0.444 e. The first-order chi connectivity index (χ1) is 10.4. The van der Waals surface area contributed by atoms with Gasteiger partial charge in [0.25, 0.3) is 0 Å². The van der Waals surface area contributed by atoms with Crippen LogP contribution in [-0.2, 0) is 14.2 Å². The van der Waals surface area contributed by atoms with Crippen molar-refractivity contribution in [3.05, 3.63) is 0 Å². The summed E-state index contributed by atoms with van der Waals surface area (Å²) in [6.07, 6.45) is 4.71. The molecular weight excluding hydrogens is 284 g/mol. The Bertz CT molecular complexity index is 405. The maximum absolute atomic E-state index is 11.7. The molecule has 3 fully saturated rings. The quantitative estimate of drug-likeness (QED) is 0.833. The summed E-state index contributed by atoms with van der Waals surface area (Å²) in [5.74, 6) is -0.296. The molecule has 1 saturated heterocycles. The van der Waals surface area contributed by atoms with Crippen LogP contribution >= 0.6 is 0 Å². The summed E-state index contributed by atoms with van der Waals surface area (Å²) in [6.45, 7) is 7.08. The molecule has 2 aliphatic carbocycles. The highest BCUT2D eigenvalue weighted by molar-refractivity contribution is 5.68. The third-order valence-electron chi connectivity index (χ3n) is 4.50. The summed E-state index contributed by atoms with van der Waals surface area (Å²) >= 11 is 0. The maximum Gasteiger partial charge on any atom is 0.407 e. The Morgan fingerprint density at radius 2 is 1.77 bits per heavy atom. The summed E-state index contributed by atoms with van der Waals surface area (Å²) < 4.78 is 16.8. The summed E-state index contributed by atoms with van der Waals surface area (Å²) in [5.41, 5.74) is -0.444. The van der Waals surface area contributed by atoms with Gasteiger partial charge in [-0.3, -0.25) is 0 Å². The maximum atomic E-state index is 11.7. The standard InChI is InChI=1S/C16H28N2O4/c1-15(2,3)22-14(19)18-13-10-12(13)17-11-4-6-16(7-5-11)20-8-9-21-16/h11-13,17H,4-10H2,1-3H3,(H,18,19). The normalized spacial score (nSPS) is 31.2. The number of alkyl carbamates (subject to hydrolysis) is 1. The molecule has 2 unspecified atom stereocenters. The van der Waals surface area contributed by atoms with Crippen LogP contribution in [0.1, 0.15) is 52.9 Å². The second-order valence-electron chi connectivity index (χ2n) is 7.64. The van der Waals surface area contributed by atoms with Crippen molar-refractivity contribution in [1.82, 2.24) is 10.6 Å². The highest BCUT2D eigenvalue weighted by Gasteiger charge is 2.44. The van der Waals surface area contributed by atoms with Crippen molar-refractivity contribution in [1.29, 1.82) is 0 Å².